The largest absolute Gasteiger partial charge is 0.344 e. The fraction of sp³-hybridized carbons (Fsp3) is 1.00. The zero-order valence-corrected chi connectivity index (χ0v) is 16.9. The van der Waals surface area contributed by atoms with E-state index < -0.39 is 0 Å². The molecule has 138 valence electrons. The molecule has 0 saturated carbocycles. The van der Waals surface area contributed by atoms with Crippen LogP contribution in [0.1, 0.15) is 124 Å². The molecule has 0 radical (unpaired) electrons. The Labute approximate surface area is 147 Å². The van der Waals surface area contributed by atoms with E-state index in [4.69, 9.17) is 11.6 Å². The lowest BCUT2D eigenvalue weighted by Crippen LogP contribution is -1.83. The first-order valence-corrected chi connectivity index (χ1v) is 10.4. The lowest BCUT2D eigenvalue weighted by molar-refractivity contribution is 0.538. The van der Waals surface area contributed by atoms with Gasteiger partial charge in [0, 0.05) is 5.88 Å². The van der Waals surface area contributed by atoms with Crippen LogP contribution in [0.3, 0.4) is 0 Å². The van der Waals surface area contributed by atoms with Crippen molar-refractivity contribution in [1.29, 1.82) is 0 Å². The van der Waals surface area contributed by atoms with E-state index >= 15 is 0 Å². The normalized spacial score (nSPS) is 9.82. The maximum atomic E-state index is 5.64. The van der Waals surface area contributed by atoms with Gasteiger partial charge in [-0.3, -0.25) is 0 Å². The van der Waals surface area contributed by atoms with Crippen molar-refractivity contribution in [2.75, 3.05) is 5.88 Å². The molecule has 0 heterocycles. The minimum absolute atomic E-state index is 0. The summed E-state index contributed by atoms with van der Waals surface area (Å²) < 4.78 is 0. The third-order valence-electron chi connectivity index (χ3n) is 3.99. The van der Waals surface area contributed by atoms with Crippen molar-refractivity contribution in [2.24, 2.45) is 0 Å². The summed E-state index contributed by atoms with van der Waals surface area (Å²) in [5.41, 5.74) is 0. The highest BCUT2D eigenvalue weighted by molar-refractivity contribution is 6.17. The summed E-state index contributed by atoms with van der Waals surface area (Å²) in [6, 6.07) is 0. The van der Waals surface area contributed by atoms with Crippen LogP contribution >= 0.6 is 11.6 Å². The monoisotopic (exact) mass is 335 g/mol. The van der Waals surface area contributed by atoms with Crippen LogP contribution < -0.4 is 6.15 Å². The Hall–Kier alpha value is 0.250. The first-order valence-electron chi connectivity index (χ1n) is 9.89. The van der Waals surface area contributed by atoms with E-state index in [-0.39, 0.29) is 6.15 Å². The smallest absolute Gasteiger partial charge is 0.0223 e. The molecular formula is C20H46ClN. The second kappa shape index (κ2) is 29.3. The van der Waals surface area contributed by atoms with Gasteiger partial charge in [-0.2, -0.15) is 0 Å². The molecule has 0 spiro atoms. The Morgan fingerprint density at radius 1 is 0.409 bits per heavy atom. The number of rotatable bonds is 15. The summed E-state index contributed by atoms with van der Waals surface area (Å²) in [6.07, 6.45) is 22.5. The minimum atomic E-state index is 0. The van der Waals surface area contributed by atoms with Crippen LogP contribution in [-0.4, -0.2) is 5.88 Å². The van der Waals surface area contributed by atoms with Crippen molar-refractivity contribution in [3.8, 4) is 0 Å². The molecule has 0 aromatic carbocycles. The summed E-state index contributed by atoms with van der Waals surface area (Å²) in [7, 11) is 0. The number of hydrogen-bond acceptors (Lipinski definition) is 1. The minimum Gasteiger partial charge on any atom is -0.344 e. The Bertz CT molecular complexity index is 135. The Kier molecular flexibility index (Phi) is 36.1. The second-order valence-electron chi connectivity index (χ2n) is 6.29. The zero-order valence-electron chi connectivity index (χ0n) is 16.1. The quantitative estimate of drug-likeness (QED) is 0.236. The van der Waals surface area contributed by atoms with E-state index in [0.717, 1.165) is 5.88 Å². The van der Waals surface area contributed by atoms with Gasteiger partial charge < -0.3 is 6.15 Å². The van der Waals surface area contributed by atoms with Crippen molar-refractivity contribution < 1.29 is 0 Å². The molecule has 22 heavy (non-hydrogen) atoms. The first kappa shape index (κ1) is 27.1. The van der Waals surface area contributed by atoms with Gasteiger partial charge in [0.05, 0.1) is 0 Å². The van der Waals surface area contributed by atoms with E-state index in [1.54, 1.807) is 0 Å². The SMILES string of the molecule is CCCC.CCCCCCCCCCCCCCCCCl.N. The van der Waals surface area contributed by atoms with Gasteiger partial charge in [-0.15, -0.1) is 11.6 Å². The lowest BCUT2D eigenvalue weighted by atomic mass is 10.0. The molecule has 0 aromatic heterocycles. The summed E-state index contributed by atoms with van der Waals surface area (Å²) >= 11 is 5.64. The molecule has 0 amide bonds. The predicted molar refractivity (Wildman–Crippen MR) is 107 cm³/mol. The third kappa shape index (κ3) is 32.3. The number of unbranched alkanes of at least 4 members (excludes halogenated alkanes) is 14. The van der Waals surface area contributed by atoms with Gasteiger partial charge in [-0.25, -0.2) is 0 Å². The third-order valence-corrected chi connectivity index (χ3v) is 4.25. The summed E-state index contributed by atoms with van der Waals surface area (Å²) in [5, 5.41) is 0. The van der Waals surface area contributed by atoms with Crippen molar-refractivity contribution in [3.05, 3.63) is 0 Å². The zero-order chi connectivity index (χ0) is 16.0. The maximum Gasteiger partial charge on any atom is 0.0223 e. The summed E-state index contributed by atoms with van der Waals surface area (Å²) in [4.78, 5) is 0. The molecule has 0 aromatic rings. The Morgan fingerprint density at radius 3 is 0.909 bits per heavy atom. The van der Waals surface area contributed by atoms with Crippen LogP contribution in [0.2, 0.25) is 0 Å². The maximum absolute atomic E-state index is 5.64. The predicted octanol–water partition coefficient (Wildman–Crippen LogP) is 8.67. The molecule has 0 aliphatic rings. The average Bonchev–Trinajstić information content (AvgIpc) is 2.52. The fourth-order valence-electron chi connectivity index (χ4n) is 2.29. The Balaban J connectivity index is -0.000000640. The lowest BCUT2D eigenvalue weighted by Gasteiger charge is -2.02. The molecule has 0 saturated heterocycles. The molecule has 0 aliphatic carbocycles. The molecule has 3 N–H and O–H groups in total. The average molecular weight is 336 g/mol. The second-order valence-corrected chi connectivity index (χ2v) is 6.66. The summed E-state index contributed by atoms with van der Waals surface area (Å²) in [6.45, 7) is 6.65. The van der Waals surface area contributed by atoms with Gasteiger partial charge in [0.2, 0.25) is 0 Å². The van der Waals surface area contributed by atoms with E-state index in [1.807, 2.05) is 0 Å². The van der Waals surface area contributed by atoms with Crippen LogP contribution in [0.15, 0.2) is 0 Å². The fourth-order valence-corrected chi connectivity index (χ4v) is 2.48. The standard InChI is InChI=1S/C16H33Cl.C4H10.H3N/c1-2-3-4-5-6-7-8-9-10-11-12-13-14-15-16-17;1-3-4-2;/h2-16H2,1H3;3-4H2,1-2H3;1H3. The van der Waals surface area contributed by atoms with E-state index in [2.05, 4.69) is 20.8 Å². The highest BCUT2D eigenvalue weighted by atomic mass is 35.5. The van der Waals surface area contributed by atoms with Crippen LogP contribution in [0.25, 0.3) is 0 Å². The first-order chi connectivity index (χ1) is 10.3. The van der Waals surface area contributed by atoms with Crippen LogP contribution in [-0.2, 0) is 0 Å². The van der Waals surface area contributed by atoms with Crippen molar-refractivity contribution in [1.82, 2.24) is 6.15 Å². The Morgan fingerprint density at radius 2 is 0.682 bits per heavy atom. The van der Waals surface area contributed by atoms with Gasteiger partial charge in [0.25, 0.3) is 0 Å². The number of alkyl halides is 1. The van der Waals surface area contributed by atoms with E-state index in [9.17, 15) is 0 Å². The van der Waals surface area contributed by atoms with Gasteiger partial charge in [0.1, 0.15) is 0 Å². The van der Waals surface area contributed by atoms with Gasteiger partial charge >= 0.3 is 0 Å². The molecule has 0 aliphatic heterocycles. The number of halogens is 1. The molecule has 0 atom stereocenters. The van der Waals surface area contributed by atoms with E-state index in [1.165, 1.54) is 103 Å². The van der Waals surface area contributed by atoms with Crippen LogP contribution in [0, 0.1) is 0 Å². The topological polar surface area (TPSA) is 35.0 Å². The molecule has 2 heteroatoms. The highest BCUT2D eigenvalue weighted by Crippen LogP contribution is 2.12. The van der Waals surface area contributed by atoms with Crippen molar-refractivity contribution in [2.45, 2.75) is 124 Å². The van der Waals surface area contributed by atoms with Gasteiger partial charge in [-0.05, 0) is 6.42 Å². The molecular weight excluding hydrogens is 290 g/mol. The molecule has 1 nitrogen and oxygen atoms in total. The highest BCUT2D eigenvalue weighted by Gasteiger charge is 1.93. The molecule has 0 rings (SSSR count). The van der Waals surface area contributed by atoms with E-state index in [0.29, 0.717) is 0 Å². The summed E-state index contributed by atoms with van der Waals surface area (Å²) in [5.74, 6) is 0.845. The molecule has 0 fully saturated rings. The molecule has 0 unspecified atom stereocenters. The molecule has 0 bridgehead atoms. The van der Waals surface area contributed by atoms with Crippen molar-refractivity contribution >= 4 is 11.6 Å². The van der Waals surface area contributed by atoms with Crippen LogP contribution in [0.4, 0.5) is 0 Å². The van der Waals surface area contributed by atoms with Gasteiger partial charge in [-0.1, -0.05) is 117 Å². The van der Waals surface area contributed by atoms with Gasteiger partial charge in [0.15, 0.2) is 0 Å². The van der Waals surface area contributed by atoms with Crippen LogP contribution in [0.5, 0.6) is 0 Å². The van der Waals surface area contributed by atoms with Crippen molar-refractivity contribution in [3.63, 3.8) is 0 Å². The number of hydrogen-bond donors (Lipinski definition) is 1.